The van der Waals surface area contributed by atoms with E-state index in [0.717, 1.165) is 16.6 Å². The van der Waals surface area contributed by atoms with E-state index < -0.39 is 0 Å². The molecule has 19 heavy (non-hydrogen) atoms. The third kappa shape index (κ3) is 1.86. The highest BCUT2D eigenvalue weighted by atomic mass is 35.5. The fourth-order valence-corrected chi connectivity index (χ4v) is 2.26. The molecule has 2 aromatic heterocycles. The van der Waals surface area contributed by atoms with E-state index in [9.17, 15) is 5.11 Å². The molecule has 0 unspecified atom stereocenters. The number of aliphatic hydroxyl groups excluding tert-OH is 1. The van der Waals surface area contributed by atoms with Crippen LogP contribution in [-0.2, 0) is 0 Å². The zero-order valence-corrected chi connectivity index (χ0v) is 10.7. The van der Waals surface area contributed by atoms with Gasteiger partial charge in [0.05, 0.1) is 23.0 Å². The summed E-state index contributed by atoms with van der Waals surface area (Å²) in [4.78, 5) is 4.29. The van der Waals surface area contributed by atoms with Gasteiger partial charge in [-0.15, -0.1) is 0 Å². The molecule has 0 saturated carbocycles. The molecule has 0 aliphatic heterocycles. The van der Waals surface area contributed by atoms with Gasteiger partial charge in [0.15, 0.2) is 0 Å². The van der Waals surface area contributed by atoms with Gasteiger partial charge >= 0.3 is 0 Å². The number of aromatic nitrogens is 3. The monoisotopic (exact) mass is 271 g/mol. The van der Waals surface area contributed by atoms with E-state index in [2.05, 4.69) is 16.7 Å². The van der Waals surface area contributed by atoms with Crippen LogP contribution in [0.15, 0.2) is 49.3 Å². The number of benzene rings is 1. The lowest BCUT2D eigenvalue weighted by molar-refractivity contribution is 0.514. The number of halogens is 1. The summed E-state index contributed by atoms with van der Waals surface area (Å²) < 4.78 is 1.56. The molecule has 0 fully saturated rings. The molecule has 0 radical (unpaired) electrons. The minimum atomic E-state index is -0.102. The van der Waals surface area contributed by atoms with Gasteiger partial charge in [-0.05, 0) is 24.3 Å². The quantitative estimate of drug-likeness (QED) is 0.725. The molecule has 3 rings (SSSR count). The van der Waals surface area contributed by atoms with Crippen molar-refractivity contribution in [2.24, 2.45) is 0 Å². The normalized spacial score (nSPS) is 10.8. The Morgan fingerprint density at radius 1 is 1.26 bits per heavy atom. The number of fused-ring (bicyclic) bond motifs is 1. The highest BCUT2D eigenvalue weighted by Crippen LogP contribution is 2.27. The van der Waals surface area contributed by atoms with Gasteiger partial charge in [-0.25, -0.2) is 4.68 Å². The lowest BCUT2D eigenvalue weighted by atomic mass is 10.2. The number of nitrogens with zero attached hydrogens (tertiary/aromatic N) is 3. The highest BCUT2D eigenvalue weighted by molar-refractivity contribution is 6.31. The first-order chi connectivity index (χ1) is 9.18. The predicted molar refractivity (Wildman–Crippen MR) is 75.5 cm³/mol. The molecule has 0 aliphatic carbocycles. The Bertz CT molecular complexity index is 774. The predicted octanol–water partition coefficient (Wildman–Crippen LogP) is 3.60. The molecular weight excluding hydrogens is 262 g/mol. The van der Waals surface area contributed by atoms with Crippen LogP contribution in [-0.4, -0.2) is 19.9 Å². The molecule has 2 heterocycles. The van der Waals surface area contributed by atoms with Crippen LogP contribution in [0.5, 0.6) is 0 Å². The van der Waals surface area contributed by atoms with Crippen molar-refractivity contribution in [1.29, 1.82) is 0 Å². The van der Waals surface area contributed by atoms with Crippen molar-refractivity contribution in [2.45, 2.75) is 0 Å². The summed E-state index contributed by atoms with van der Waals surface area (Å²) in [5, 5.41) is 14.9. The van der Waals surface area contributed by atoms with E-state index in [1.807, 2.05) is 30.3 Å². The molecule has 0 spiro atoms. The Labute approximate surface area is 114 Å². The maximum absolute atomic E-state index is 9.43. The Kier molecular flexibility index (Phi) is 2.72. The molecule has 5 heteroatoms. The van der Waals surface area contributed by atoms with Crippen LogP contribution in [0.3, 0.4) is 0 Å². The zero-order valence-electron chi connectivity index (χ0n) is 9.92. The first kappa shape index (κ1) is 11.7. The van der Waals surface area contributed by atoms with E-state index >= 15 is 0 Å². The van der Waals surface area contributed by atoms with Gasteiger partial charge < -0.3 is 5.11 Å². The summed E-state index contributed by atoms with van der Waals surface area (Å²) in [5.41, 5.74) is 2.08. The average Bonchev–Trinajstić information content (AvgIpc) is 2.80. The van der Waals surface area contributed by atoms with E-state index in [-0.39, 0.29) is 5.76 Å². The maximum atomic E-state index is 9.43. The molecule has 4 nitrogen and oxygen atoms in total. The summed E-state index contributed by atoms with van der Waals surface area (Å²) in [7, 11) is 0. The molecule has 0 amide bonds. The number of hydrogen-bond donors (Lipinski definition) is 1. The maximum Gasteiger partial charge on any atom is 0.143 e. The lowest BCUT2D eigenvalue weighted by Crippen LogP contribution is -1.98. The molecule has 0 bridgehead atoms. The molecule has 0 saturated heterocycles. The average molecular weight is 272 g/mol. The third-order valence-corrected chi connectivity index (χ3v) is 3.24. The second-order valence-corrected chi connectivity index (χ2v) is 4.41. The van der Waals surface area contributed by atoms with Crippen LogP contribution in [0.4, 0.5) is 0 Å². The van der Waals surface area contributed by atoms with Crippen LogP contribution < -0.4 is 0 Å². The summed E-state index contributed by atoms with van der Waals surface area (Å²) in [6.45, 7) is 3.46. The van der Waals surface area contributed by atoms with Crippen molar-refractivity contribution in [1.82, 2.24) is 14.8 Å². The van der Waals surface area contributed by atoms with Gasteiger partial charge in [0, 0.05) is 11.6 Å². The number of rotatable bonds is 2. The Morgan fingerprint density at radius 2 is 2.11 bits per heavy atom. The van der Waals surface area contributed by atoms with Crippen molar-refractivity contribution < 1.29 is 5.11 Å². The fourth-order valence-electron chi connectivity index (χ4n) is 1.97. The minimum absolute atomic E-state index is 0.102. The van der Waals surface area contributed by atoms with Crippen LogP contribution in [0, 0.1) is 0 Å². The standard InChI is InChI=1S/C14H10ClN3O/c1-9(19)11-8-17-18(14(11)15)13-6-2-5-12-10(13)4-3-7-16-12/h2-8,19H,1H2. The summed E-state index contributed by atoms with van der Waals surface area (Å²) in [6.07, 6.45) is 3.22. The lowest BCUT2D eigenvalue weighted by Gasteiger charge is -2.07. The first-order valence-electron chi connectivity index (χ1n) is 5.64. The van der Waals surface area contributed by atoms with Crippen LogP contribution >= 0.6 is 11.6 Å². The molecule has 3 aromatic rings. The molecule has 0 aliphatic rings. The Balaban J connectivity index is 2.28. The van der Waals surface area contributed by atoms with Crippen LogP contribution in [0.2, 0.25) is 5.15 Å². The van der Waals surface area contributed by atoms with Gasteiger partial charge in [0.2, 0.25) is 0 Å². The molecule has 94 valence electrons. The second-order valence-electron chi connectivity index (χ2n) is 4.05. The minimum Gasteiger partial charge on any atom is -0.508 e. The van der Waals surface area contributed by atoms with Gasteiger partial charge in [-0.3, -0.25) is 4.98 Å². The van der Waals surface area contributed by atoms with Crippen molar-refractivity contribution in [3.63, 3.8) is 0 Å². The number of pyridine rings is 1. The SMILES string of the molecule is C=C(O)c1cnn(-c2cccc3ncccc23)c1Cl. The van der Waals surface area contributed by atoms with E-state index in [0.29, 0.717) is 10.7 Å². The largest absolute Gasteiger partial charge is 0.508 e. The first-order valence-corrected chi connectivity index (χ1v) is 6.02. The van der Waals surface area contributed by atoms with E-state index in [1.165, 1.54) is 6.20 Å². The van der Waals surface area contributed by atoms with Gasteiger partial charge in [0.25, 0.3) is 0 Å². The van der Waals surface area contributed by atoms with E-state index in [4.69, 9.17) is 11.6 Å². The topological polar surface area (TPSA) is 50.9 Å². The summed E-state index contributed by atoms with van der Waals surface area (Å²) in [6, 6.07) is 9.50. The molecular formula is C14H10ClN3O. The van der Waals surface area contributed by atoms with Gasteiger partial charge in [-0.2, -0.15) is 5.10 Å². The van der Waals surface area contributed by atoms with Gasteiger partial charge in [-0.1, -0.05) is 24.2 Å². The molecule has 1 aromatic carbocycles. The van der Waals surface area contributed by atoms with Crippen LogP contribution in [0.25, 0.3) is 22.3 Å². The third-order valence-electron chi connectivity index (χ3n) is 2.87. The Morgan fingerprint density at radius 3 is 2.84 bits per heavy atom. The van der Waals surface area contributed by atoms with Crippen molar-refractivity contribution >= 4 is 28.3 Å². The highest BCUT2D eigenvalue weighted by Gasteiger charge is 2.13. The number of aliphatic hydroxyl groups is 1. The molecule has 1 N–H and O–H groups in total. The molecule has 0 atom stereocenters. The van der Waals surface area contributed by atoms with Crippen LogP contribution in [0.1, 0.15) is 5.56 Å². The van der Waals surface area contributed by atoms with E-state index in [1.54, 1.807) is 10.9 Å². The number of hydrogen-bond acceptors (Lipinski definition) is 3. The zero-order chi connectivity index (χ0) is 13.4. The van der Waals surface area contributed by atoms with Crippen molar-refractivity contribution in [3.8, 4) is 5.69 Å². The summed E-state index contributed by atoms with van der Waals surface area (Å²) in [5.74, 6) is -0.102. The van der Waals surface area contributed by atoms with Crippen molar-refractivity contribution in [2.75, 3.05) is 0 Å². The smallest absolute Gasteiger partial charge is 0.143 e. The summed E-state index contributed by atoms with van der Waals surface area (Å²) >= 11 is 6.21. The van der Waals surface area contributed by atoms with Crippen molar-refractivity contribution in [3.05, 3.63) is 60.0 Å². The van der Waals surface area contributed by atoms with Gasteiger partial charge in [0.1, 0.15) is 10.9 Å². The fraction of sp³-hybridized carbons (Fsp3) is 0. The second kappa shape index (κ2) is 4.40. The Hall–Kier alpha value is -2.33.